The number of nitrogens with one attached hydrogen (secondary N) is 1. The Morgan fingerprint density at radius 3 is 1.62 bits per heavy atom. The van der Waals surface area contributed by atoms with Gasteiger partial charge in [0.15, 0.2) is 0 Å². The molecule has 0 fully saturated rings. The van der Waals surface area contributed by atoms with Crippen molar-refractivity contribution in [3.05, 3.63) is 181 Å². The van der Waals surface area contributed by atoms with E-state index in [-0.39, 0.29) is 6.09 Å². The van der Waals surface area contributed by atoms with Gasteiger partial charge in [-0.1, -0.05) is 97.1 Å². The number of rotatable bonds is 8. The Labute approximate surface area is 310 Å². The van der Waals surface area contributed by atoms with Crippen molar-refractivity contribution in [1.82, 2.24) is 9.55 Å². The van der Waals surface area contributed by atoms with Crippen molar-refractivity contribution in [2.45, 2.75) is 39.6 Å². The molecule has 2 aromatic heterocycles. The molecule has 6 nitrogen and oxygen atoms in total. The van der Waals surface area contributed by atoms with Gasteiger partial charge in [0.1, 0.15) is 30.3 Å². The van der Waals surface area contributed by atoms with E-state index in [1.165, 1.54) is 22.1 Å². The molecule has 6 aromatic carbocycles. The summed E-state index contributed by atoms with van der Waals surface area (Å²) in [6.07, 6.45) is 3.35. The summed E-state index contributed by atoms with van der Waals surface area (Å²) in [6.45, 7) is 6.73. The quantitative estimate of drug-likeness (QED) is 0.172. The van der Waals surface area contributed by atoms with Crippen LogP contribution in [0, 0.1) is 0 Å². The van der Waals surface area contributed by atoms with Gasteiger partial charge in [0, 0.05) is 23.3 Å². The first kappa shape index (κ1) is 34.9. The zero-order valence-corrected chi connectivity index (χ0v) is 30.2. The van der Waals surface area contributed by atoms with E-state index in [4.69, 9.17) is 14.2 Å². The van der Waals surface area contributed by atoms with Crippen LogP contribution in [0.3, 0.4) is 0 Å². The lowest BCUT2D eigenvalue weighted by molar-refractivity contribution is 0.0544. The Kier molecular flexibility index (Phi) is 10.4. The third-order valence-corrected chi connectivity index (χ3v) is 8.71. The lowest BCUT2D eigenvalue weighted by atomic mass is 10.0. The molecule has 0 aliphatic heterocycles. The van der Waals surface area contributed by atoms with E-state index >= 15 is 0 Å². The Morgan fingerprint density at radius 1 is 0.566 bits per heavy atom. The van der Waals surface area contributed by atoms with E-state index in [1.54, 1.807) is 10.8 Å². The van der Waals surface area contributed by atoms with Crippen LogP contribution >= 0.6 is 0 Å². The molecule has 0 amide bonds. The lowest BCUT2D eigenvalue weighted by Gasteiger charge is -2.19. The van der Waals surface area contributed by atoms with E-state index in [9.17, 15) is 4.79 Å². The summed E-state index contributed by atoms with van der Waals surface area (Å²) in [5.41, 5.74) is 8.36. The van der Waals surface area contributed by atoms with Gasteiger partial charge in [0.25, 0.3) is 0 Å². The fraction of sp³-hybridized carbons (Fsp3) is 0.128. The molecule has 8 rings (SSSR count). The summed E-state index contributed by atoms with van der Waals surface area (Å²) >= 11 is 0. The first-order valence-corrected chi connectivity index (χ1v) is 17.7. The highest BCUT2D eigenvalue weighted by Gasteiger charge is 2.19. The minimum absolute atomic E-state index is 0.370. The summed E-state index contributed by atoms with van der Waals surface area (Å²) in [6, 6.07) is 53.2. The van der Waals surface area contributed by atoms with E-state index in [0.29, 0.717) is 13.2 Å². The molecule has 8 aromatic rings. The van der Waals surface area contributed by atoms with Gasteiger partial charge in [-0.3, -0.25) is 4.57 Å². The van der Waals surface area contributed by atoms with E-state index in [2.05, 4.69) is 59.6 Å². The van der Waals surface area contributed by atoms with Crippen LogP contribution in [0.25, 0.3) is 44.1 Å². The summed E-state index contributed by atoms with van der Waals surface area (Å²) in [5, 5.41) is 2.22. The molecule has 6 heteroatoms. The van der Waals surface area contributed by atoms with E-state index < -0.39 is 5.60 Å². The number of hydrogen-bond acceptors (Lipinski definition) is 4. The van der Waals surface area contributed by atoms with Crippen LogP contribution in [-0.4, -0.2) is 21.2 Å². The number of aromatic nitrogens is 2. The van der Waals surface area contributed by atoms with Gasteiger partial charge in [-0.25, -0.2) is 4.79 Å². The predicted octanol–water partition coefficient (Wildman–Crippen LogP) is 12.1. The second kappa shape index (κ2) is 15.8. The zero-order chi connectivity index (χ0) is 36.6. The summed E-state index contributed by atoms with van der Waals surface area (Å²) < 4.78 is 18.7. The average Bonchev–Trinajstić information content (AvgIpc) is 3.84. The van der Waals surface area contributed by atoms with Crippen molar-refractivity contribution in [2.24, 2.45) is 0 Å². The normalized spacial score (nSPS) is 11.2. The molecule has 0 saturated carbocycles. The van der Waals surface area contributed by atoms with Crippen LogP contribution in [0.1, 0.15) is 31.9 Å². The number of H-pyrrole nitrogens is 1. The number of carbonyl (C=O) groups excluding carboxylic acids is 1. The highest BCUT2D eigenvalue weighted by molar-refractivity contribution is 5.92. The first-order valence-electron chi connectivity index (χ1n) is 17.7. The first-order chi connectivity index (χ1) is 25.8. The van der Waals surface area contributed by atoms with Crippen LogP contribution in [-0.2, 0) is 18.0 Å². The molecule has 2 heterocycles. The average molecular weight is 699 g/mol. The number of aromatic amines is 1. The highest BCUT2D eigenvalue weighted by Crippen LogP contribution is 2.29. The zero-order valence-electron chi connectivity index (χ0n) is 30.2. The van der Waals surface area contributed by atoms with Crippen LogP contribution in [0.2, 0.25) is 0 Å². The van der Waals surface area contributed by atoms with Crippen LogP contribution in [0.5, 0.6) is 11.5 Å². The van der Waals surface area contributed by atoms with Crippen molar-refractivity contribution in [1.29, 1.82) is 0 Å². The molecule has 0 unspecified atom stereocenters. The molecule has 0 aliphatic carbocycles. The molecule has 264 valence electrons. The number of hydrogen-bond donors (Lipinski definition) is 1. The number of nitrogens with zero attached hydrogens (tertiary/aromatic N) is 1. The lowest BCUT2D eigenvalue weighted by Crippen LogP contribution is -2.26. The van der Waals surface area contributed by atoms with Gasteiger partial charge < -0.3 is 19.2 Å². The van der Waals surface area contributed by atoms with E-state index in [1.807, 2.05) is 130 Å². The monoisotopic (exact) mass is 698 g/mol. The van der Waals surface area contributed by atoms with Crippen molar-refractivity contribution < 1.29 is 19.0 Å². The van der Waals surface area contributed by atoms with Crippen LogP contribution in [0.15, 0.2) is 170 Å². The van der Waals surface area contributed by atoms with Crippen molar-refractivity contribution in [3.63, 3.8) is 0 Å². The number of ether oxygens (including phenoxy) is 3. The van der Waals surface area contributed by atoms with Crippen LogP contribution < -0.4 is 9.47 Å². The maximum Gasteiger partial charge on any atom is 0.418 e. The maximum atomic E-state index is 12.4. The van der Waals surface area contributed by atoms with Crippen molar-refractivity contribution >= 4 is 27.9 Å². The molecule has 0 saturated heterocycles. The Bertz CT molecular complexity index is 2400. The van der Waals surface area contributed by atoms with Crippen LogP contribution in [0.4, 0.5) is 4.79 Å². The van der Waals surface area contributed by atoms with Gasteiger partial charge >= 0.3 is 6.09 Å². The fourth-order valence-electron chi connectivity index (χ4n) is 5.99. The van der Waals surface area contributed by atoms with Gasteiger partial charge in [0.2, 0.25) is 0 Å². The topological polar surface area (TPSA) is 65.5 Å². The molecular formula is C47H42N2O4. The molecule has 1 N–H and O–H groups in total. The Morgan fingerprint density at radius 2 is 1.08 bits per heavy atom. The minimum Gasteiger partial charge on any atom is -0.489 e. The molecular weight excluding hydrogens is 657 g/mol. The molecule has 0 atom stereocenters. The molecule has 0 bridgehead atoms. The molecule has 0 spiro atoms. The number of fused-ring (bicyclic) bond motifs is 2. The Hall–Kier alpha value is -6.53. The summed E-state index contributed by atoms with van der Waals surface area (Å²) in [4.78, 5) is 15.6. The second-order valence-corrected chi connectivity index (χ2v) is 13.8. The highest BCUT2D eigenvalue weighted by atomic mass is 16.6. The van der Waals surface area contributed by atoms with Gasteiger partial charge in [-0.15, -0.1) is 0 Å². The van der Waals surface area contributed by atoms with Gasteiger partial charge in [0.05, 0.1) is 5.52 Å². The van der Waals surface area contributed by atoms with Gasteiger partial charge in [-0.05, 0) is 120 Å². The predicted molar refractivity (Wildman–Crippen MR) is 214 cm³/mol. The third-order valence-electron chi connectivity index (χ3n) is 8.71. The largest absolute Gasteiger partial charge is 0.489 e. The molecule has 53 heavy (non-hydrogen) atoms. The smallest absolute Gasteiger partial charge is 0.418 e. The SMILES string of the molecule is CC(C)(C)OC(=O)n1ccc2cc(-c3ccc(OCc4ccccc4)cc3)ccc21.c1ccc(COc2ccc(-c3ccc4[nH]ccc4c3)cc2)cc1. The van der Waals surface area contributed by atoms with Crippen molar-refractivity contribution in [2.75, 3.05) is 0 Å². The summed E-state index contributed by atoms with van der Waals surface area (Å²) in [5.74, 6) is 1.72. The maximum absolute atomic E-state index is 12.4. The number of benzene rings is 6. The minimum atomic E-state index is -0.530. The second-order valence-electron chi connectivity index (χ2n) is 13.8. The summed E-state index contributed by atoms with van der Waals surface area (Å²) in [7, 11) is 0. The van der Waals surface area contributed by atoms with E-state index in [0.717, 1.165) is 44.6 Å². The van der Waals surface area contributed by atoms with Gasteiger partial charge in [-0.2, -0.15) is 0 Å². The molecule has 0 aliphatic rings. The fourth-order valence-corrected chi connectivity index (χ4v) is 5.99. The standard InChI is InChI=1S/C26H25NO3.C21H17NO/c1-26(2,3)30-25(28)27-16-15-22-17-21(11-14-24(22)27)20-9-12-23(13-10-20)29-18-19-7-5-4-6-8-19;1-2-4-16(5-3-1)15-23-20-9-6-17(7-10-20)18-8-11-21-19(14-18)12-13-22-21/h4-17H,18H2,1-3H3;1-14,22H,15H2. The third kappa shape index (κ3) is 9.04. The Balaban J connectivity index is 0.000000170. The molecule has 0 radical (unpaired) electrons. The number of carbonyl (C=O) groups is 1. The van der Waals surface area contributed by atoms with Crippen molar-refractivity contribution in [3.8, 4) is 33.8 Å².